The van der Waals surface area contributed by atoms with Crippen LogP contribution in [-0.4, -0.2) is 37.0 Å². The summed E-state index contributed by atoms with van der Waals surface area (Å²) in [6.07, 6.45) is 2.86. The van der Waals surface area contributed by atoms with Gasteiger partial charge in [0.05, 0.1) is 0 Å². The summed E-state index contributed by atoms with van der Waals surface area (Å²) >= 11 is 0. The van der Waals surface area contributed by atoms with E-state index in [0.29, 0.717) is 17.7 Å². The van der Waals surface area contributed by atoms with Crippen molar-refractivity contribution in [2.45, 2.75) is 40.0 Å². The van der Waals surface area contributed by atoms with Crippen molar-refractivity contribution >= 4 is 5.91 Å². The maximum Gasteiger partial charge on any atom is 0.222 e. The van der Waals surface area contributed by atoms with Crippen LogP contribution in [0.1, 0.15) is 40.0 Å². The van der Waals surface area contributed by atoms with Gasteiger partial charge in [0.1, 0.15) is 0 Å². The Bertz CT molecular complexity index is 208. The Balaban J connectivity index is 2.28. The minimum atomic E-state index is 0.309. The van der Waals surface area contributed by atoms with E-state index in [0.717, 1.165) is 39.0 Å². The van der Waals surface area contributed by atoms with E-state index in [2.05, 4.69) is 26.1 Å². The molecule has 3 heteroatoms. The molecule has 1 fully saturated rings. The molecular weight excluding hydrogens is 188 g/mol. The fourth-order valence-corrected chi connectivity index (χ4v) is 1.69. The van der Waals surface area contributed by atoms with Crippen LogP contribution in [0.25, 0.3) is 0 Å². The van der Waals surface area contributed by atoms with Crippen LogP contribution >= 0.6 is 0 Å². The highest BCUT2D eigenvalue weighted by Gasteiger charge is 2.20. The zero-order valence-corrected chi connectivity index (χ0v) is 10.3. The predicted octanol–water partition coefficient (Wildman–Crippen LogP) is 1.63. The van der Waals surface area contributed by atoms with Gasteiger partial charge in [-0.05, 0) is 11.8 Å². The van der Waals surface area contributed by atoms with Crippen molar-refractivity contribution in [2.24, 2.45) is 5.41 Å². The summed E-state index contributed by atoms with van der Waals surface area (Å²) < 4.78 is 0. The Morgan fingerprint density at radius 2 is 1.93 bits per heavy atom. The number of carbonyl (C=O) groups is 1. The second-order valence-electron chi connectivity index (χ2n) is 5.15. The van der Waals surface area contributed by atoms with Crippen LogP contribution in [0.4, 0.5) is 0 Å². The number of hydrogen-bond acceptors (Lipinski definition) is 2. The smallest absolute Gasteiger partial charge is 0.222 e. The van der Waals surface area contributed by atoms with Gasteiger partial charge in [0.2, 0.25) is 5.91 Å². The second-order valence-corrected chi connectivity index (χ2v) is 5.15. The fourth-order valence-electron chi connectivity index (χ4n) is 1.69. The standard InChI is InChI=1S/C12H24N2O/c1-4-12(2,3)6-5-11(15)14-9-7-13-8-10-14/h13H,4-10H2,1-3H3. The van der Waals surface area contributed by atoms with E-state index in [4.69, 9.17) is 0 Å². The molecule has 0 atom stereocenters. The highest BCUT2D eigenvalue weighted by Crippen LogP contribution is 2.26. The molecule has 1 amide bonds. The normalized spacial score (nSPS) is 17.9. The number of hydrogen-bond donors (Lipinski definition) is 1. The zero-order chi connectivity index (χ0) is 11.3. The van der Waals surface area contributed by atoms with Crippen LogP contribution in [0, 0.1) is 5.41 Å². The molecule has 1 aliphatic rings. The molecule has 1 N–H and O–H groups in total. The summed E-state index contributed by atoms with van der Waals surface area (Å²) in [6, 6.07) is 0. The van der Waals surface area contributed by atoms with E-state index in [-0.39, 0.29) is 0 Å². The van der Waals surface area contributed by atoms with Crippen molar-refractivity contribution in [3.05, 3.63) is 0 Å². The molecule has 0 saturated carbocycles. The van der Waals surface area contributed by atoms with Crippen LogP contribution in [0.15, 0.2) is 0 Å². The van der Waals surface area contributed by atoms with Gasteiger partial charge in [0, 0.05) is 32.6 Å². The first kappa shape index (κ1) is 12.5. The van der Waals surface area contributed by atoms with Crippen molar-refractivity contribution in [3.8, 4) is 0 Å². The fraction of sp³-hybridized carbons (Fsp3) is 0.917. The first-order chi connectivity index (χ1) is 7.05. The average molecular weight is 212 g/mol. The third-order valence-corrected chi connectivity index (χ3v) is 3.44. The average Bonchev–Trinajstić information content (AvgIpc) is 2.27. The topological polar surface area (TPSA) is 32.3 Å². The third-order valence-electron chi connectivity index (χ3n) is 3.44. The van der Waals surface area contributed by atoms with Crippen LogP contribution in [0.2, 0.25) is 0 Å². The predicted molar refractivity (Wildman–Crippen MR) is 62.8 cm³/mol. The Hall–Kier alpha value is -0.570. The molecule has 0 bridgehead atoms. The molecule has 88 valence electrons. The van der Waals surface area contributed by atoms with Gasteiger partial charge in [-0.15, -0.1) is 0 Å². The maximum atomic E-state index is 11.9. The van der Waals surface area contributed by atoms with Gasteiger partial charge < -0.3 is 10.2 Å². The number of rotatable bonds is 4. The summed E-state index contributed by atoms with van der Waals surface area (Å²) in [7, 11) is 0. The minimum Gasteiger partial charge on any atom is -0.340 e. The van der Waals surface area contributed by atoms with Gasteiger partial charge in [0.15, 0.2) is 0 Å². The van der Waals surface area contributed by atoms with Crippen molar-refractivity contribution < 1.29 is 4.79 Å². The van der Waals surface area contributed by atoms with Crippen molar-refractivity contribution in [1.29, 1.82) is 0 Å². The van der Waals surface area contributed by atoms with E-state index in [1.54, 1.807) is 0 Å². The summed E-state index contributed by atoms with van der Waals surface area (Å²) in [5.41, 5.74) is 0.309. The van der Waals surface area contributed by atoms with Gasteiger partial charge in [0.25, 0.3) is 0 Å². The lowest BCUT2D eigenvalue weighted by Crippen LogP contribution is -2.46. The lowest BCUT2D eigenvalue weighted by Gasteiger charge is -2.29. The SMILES string of the molecule is CCC(C)(C)CCC(=O)N1CCNCC1. The minimum absolute atomic E-state index is 0.309. The molecule has 0 aromatic rings. The van der Waals surface area contributed by atoms with Gasteiger partial charge in [-0.3, -0.25) is 4.79 Å². The van der Waals surface area contributed by atoms with Crippen LogP contribution in [-0.2, 0) is 4.79 Å². The van der Waals surface area contributed by atoms with Crippen LogP contribution in [0.5, 0.6) is 0 Å². The Morgan fingerprint density at radius 3 is 2.47 bits per heavy atom. The third kappa shape index (κ3) is 4.20. The maximum absolute atomic E-state index is 11.9. The molecule has 0 aliphatic carbocycles. The highest BCUT2D eigenvalue weighted by molar-refractivity contribution is 5.76. The zero-order valence-electron chi connectivity index (χ0n) is 10.3. The van der Waals surface area contributed by atoms with E-state index >= 15 is 0 Å². The molecule has 1 rings (SSSR count). The van der Waals surface area contributed by atoms with Gasteiger partial charge >= 0.3 is 0 Å². The molecule has 0 unspecified atom stereocenters. The molecule has 0 radical (unpaired) electrons. The molecule has 1 aliphatic heterocycles. The van der Waals surface area contributed by atoms with Gasteiger partial charge in [-0.2, -0.15) is 0 Å². The monoisotopic (exact) mass is 212 g/mol. The Labute approximate surface area is 93.2 Å². The van der Waals surface area contributed by atoms with E-state index < -0.39 is 0 Å². The van der Waals surface area contributed by atoms with Crippen molar-refractivity contribution in [2.75, 3.05) is 26.2 Å². The molecule has 15 heavy (non-hydrogen) atoms. The number of nitrogens with one attached hydrogen (secondary N) is 1. The van der Waals surface area contributed by atoms with E-state index in [1.807, 2.05) is 4.90 Å². The van der Waals surface area contributed by atoms with Crippen LogP contribution in [0.3, 0.4) is 0 Å². The lowest BCUT2D eigenvalue weighted by molar-refractivity contribution is -0.132. The molecule has 0 aromatic carbocycles. The van der Waals surface area contributed by atoms with Gasteiger partial charge in [-0.1, -0.05) is 27.2 Å². The van der Waals surface area contributed by atoms with E-state index in [9.17, 15) is 4.79 Å². The summed E-state index contributed by atoms with van der Waals surface area (Å²) in [4.78, 5) is 13.8. The van der Waals surface area contributed by atoms with Crippen molar-refractivity contribution in [3.63, 3.8) is 0 Å². The first-order valence-electron chi connectivity index (χ1n) is 6.04. The Kier molecular flexibility index (Phi) is 4.58. The summed E-state index contributed by atoms with van der Waals surface area (Å²) in [5, 5.41) is 3.26. The molecular formula is C12H24N2O. The largest absolute Gasteiger partial charge is 0.340 e. The summed E-state index contributed by atoms with van der Waals surface area (Å²) in [5.74, 6) is 0.332. The number of piperazine rings is 1. The molecule has 0 aromatic heterocycles. The first-order valence-corrected chi connectivity index (χ1v) is 6.04. The van der Waals surface area contributed by atoms with Gasteiger partial charge in [-0.25, -0.2) is 0 Å². The number of amides is 1. The Morgan fingerprint density at radius 1 is 1.33 bits per heavy atom. The molecule has 0 spiro atoms. The van der Waals surface area contributed by atoms with Crippen LogP contribution < -0.4 is 5.32 Å². The molecule has 3 nitrogen and oxygen atoms in total. The quantitative estimate of drug-likeness (QED) is 0.768. The molecule has 1 heterocycles. The summed E-state index contributed by atoms with van der Waals surface area (Å²) in [6.45, 7) is 10.3. The van der Waals surface area contributed by atoms with Crippen molar-refractivity contribution in [1.82, 2.24) is 10.2 Å². The second kappa shape index (κ2) is 5.50. The lowest BCUT2D eigenvalue weighted by atomic mass is 9.85. The number of carbonyl (C=O) groups excluding carboxylic acids is 1. The highest BCUT2D eigenvalue weighted by atomic mass is 16.2. The number of nitrogens with zero attached hydrogens (tertiary/aromatic N) is 1. The van der Waals surface area contributed by atoms with E-state index in [1.165, 1.54) is 0 Å². The molecule has 1 saturated heterocycles.